The van der Waals surface area contributed by atoms with Crippen molar-refractivity contribution in [1.82, 2.24) is 15.5 Å². The van der Waals surface area contributed by atoms with Gasteiger partial charge in [-0.3, -0.25) is 9.59 Å². The standard InChI is InChI=1S/C15H23N3O2/c1-4-18(11-14(19)17-3)15(20)13-8-6-5-7-12(13)9-10-16-2/h5-8,16H,4,9-11H2,1-3H3,(H,17,19). The van der Waals surface area contributed by atoms with Crippen LogP contribution in [0, 0.1) is 0 Å². The zero-order valence-corrected chi connectivity index (χ0v) is 12.4. The molecule has 5 heteroatoms. The summed E-state index contributed by atoms with van der Waals surface area (Å²) in [7, 11) is 3.45. The fourth-order valence-electron chi connectivity index (χ4n) is 1.96. The summed E-state index contributed by atoms with van der Waals surface area (Å²) in [6, 6.07) is 7.55. The fraction of sp³-hybridized carbons (Fsp3) is 0.467. The molecule has 0 spiro atoms. The van der Waals surface area contributed by atoms with E-state index in [0.29, 0.717) is 12.1 Å². The average Bonchev–Trinajstić information content (AvgIpc) is 2.49. The topological polar surface area (TPSA) is 61.4 Å². The number of hydrogen-bond acceptors (Lipinski definition) is 3. The van der Waals surface area contributed by atoms with E-state index < -0.39 is 0 Å². The van der Waals surface area contributed by atoms with Gasteiger partial charge in [0.25, 0.3) is 5.91 Å². The number of rotatable bonds is 7. The molecule has 0 unspecified atom stereocenters. The lowest BCUT2D eigenvalue weighted by atomic mass is 10.0. The van der Waals surface area contributed by atoms with Crippen LogP contribution in [0.4, 0.5) is 0 Å². The van der Waals surface area contributed by atoms with Gasteiger partial charge in [-0.1, -0.05) is 18.2 Å². The summed E-state index contributed by atoms with van der Waals surface area (Å²) in [4.78, 5) is 25.5. The van der Waals surface area contributed by atoms with Gasteiger partial charge in [-0.15, -0.1) is 0 Å². The molecule has 0 aliphatic rings. The average molecular weight is 277 g/mol. The molecule has 2 N–H and O–H groups in total. The quantitative estimate of drug-likeness (QED) is 0.769. The van der Waals surface area contributed by atoms with Gasteiger partial charge in [0.05, 0.1) is 6.54 Å². The monoisotopic (exact) mass is 277 g/mol. The Kier molecular flexibility index (Phi) is 6.73. The van der Waals surface area contributed by atoms with E-state index in [-0.39, 0.29) is 18.4 Å². The maximum absolute atomic E-state index is 12.5. The van der Waals surface area contributed by atoms with Crippen molar-refractivity contribution in [2.45, 2.75) is 13.3 Å². The Morgan fingerprint density at radius 2 is 1.90 bits per heavy atom. The number of hydrogen-bond donors (Lipinski definition) is 2. The Balaban J connectivity index is 2.91. The molecular formula is C15H23N3O2. The van der Waals surface area contributed by atoms with E-state index in [1.807, 2.05) is 38.2 Å². The van der Waals surface area contributed by atoms with E-state index in [0.717, 1.165) is 18.5 Å². The van der Waals surface area contributed by atoms with Gasteiger partial charge in [0.2, 0.25) is 5.91 Å². The molecule has 1 aromatic carbocycles. The Morgan fingerprint density at radius 1 is 1.20 bits per heavy atom. The lowest BCUT2D eigenvalue weighted by Gasteiger charge is -2.21. The molecule has 110 valence electrons. The predicted octanol–water partition coefficient (Wildman–Crippen LogP) is 0.657. The third-order valence-electron chi connectivity index (χ3n) is 3.17. The number of nitrogens with zero attached hydrogens (tertiary/aromatic N) is 1. The molecule has 0 aliphatic heterocycles. The number of amides is 2. The second-order valence-electron chi connectivity index (χ2n) is 4.50. The zero-order valence-electron chi connectivity index (χ0n) is 12.4. The number of likely N-dealkylation sites (N-methyl/N-ethyl adjacent to an activating group) is 3. The molecule has 0 saturated heterocycles. The van der Waals surface area contributed by atoms with E-state index in [1.54, 1.807) is 11.9 Å². The largest absolute Gasteiger partial charge is 0.358 e. The maximum atomic E-state index is 12.5. The van der Waals surface area contributed by atoms with E-state index >= 15 is 0 Å². The van der Waals surface area contributed by atoms with Crippen molar-refractivity contribution in [1.29, 1.82) is 0 Å². The zero-order chi connectivity index (χ0) is 15.0. The van der Waals surface area contributed by atoms with E-state index in [4.69, 9.17) is 0 Å². The van der Waals surface area contributed by atoms with Gasteiger partial charge in [-0.25, -0.2) is 0 Å². The summed E-state index contributed by atoms with van der Waals surface area (Å²) in [5, 5.41) is 5.62. The van der Waals surface area contributed by atoms with Crippen LogP contribution in [-0.4, -0.2) is 50.4 Å². The third kappa shape index (κ3) is 4.35. The summed E-state index contributed by atoms with van der Waals surface area (Å²) in [5.74, 6) is -0.254. The predicted molar refractivity (Wildman–Crippen MR) is 79.7 cm³/mol. The number of carbonyl (C=O) groups is 2. The second-order valence-corrected chi connectivity index (χ2v) is 4.50. The first-order valence-corrected chi connectivity index (χ1v) is 6.86. The van der Waals surface area contributed by atoms with Crippen LogP contribution < -0.4 is 10.6 Å². The molecule has 0 bridgehead atoms. The number of nitrogens with one attached hydrogen (secondary N) is 2. The van der Waals surface area contributed by atoms with Crippen LogP contribution in [0.15, 0.2) is 24.3 Å². The molecule has 5 nitrogen and oxygen atoms in total. The SMILES string of the molecule is CCN(CC(=O)NC)C(=O)c1ccccc1CCNC. The van der Waals surface area contributed by atoms with Gasteiger partial charge in [0.1, 0.15) is 0 Å². The lowest BCUT2D eigenvalue weighted by Crippen LogP contribution is -2.39. The van der Waals surface area contributed by atoms with Gasteiger partial charge in [-0.05, 0) is 38.6 Å². The first-order valence-electron chi connectivity index (χ1n) is 6.86. The summed E-state index contributed by atoms with van der Waals surface area (Å²) >= 11 is 0. The van der Waals surface area contributed by atoms with E-state index in [9.17, 15) is 9.59 Å². The highest BCUT2D eigenvalue weighted by molar-refractivity contribution is 5.97. The first-order chi connectivity index (χ1) is 9.63. The fourth-order valence-corrected chi connectivity index (χ4v) is 1.96. The second kappa shape index (κ2) is 8.32. The minimum absolute atomic E-state index is 0.0895. The Bertz CT molecular complexity index is 460. The molecule has 0 saturated carbocycles. The molecule has 0 atom stereocenters. The van der Waals surface area contributed by atoms with Crippen LogP contribution in [0.1, 0.15) is 22.8 Å². The summed E-state index contributed by atoms with van der Waals surface area (Å²) in [6.07, 6.45) is 0.788. The maximum Gasteiger partial charge on any atom is 0.254 e. The molecule has 0 radical (unpaired) electrons. The van der Waals surface area contributed by atoms with Crippen LogP contribution in [0.5, 0.6) is 0 Å². The molecule has 0 aliphatic carbocycles. The normalized spacial score (nSPS) is 10.2. The minimum Gasteiger partial charge on any atom is -0.358 e. The van der Waals surface area contributed by atoms with Crippen molar-refractivity contribution < 1.29 is 9.59 Å². The van der Waals surface area contributed by atoms with Crippen LogP contribution in [-0.2, 0) is 11.2 Å². The van der Waals surface area contributed by atoms with Gasteiger partial charge in [0, 0.05) is 19.2 Å². The molecule has 20 heavy (non-hydrogen) atoms. The van der Waals surface area contributed by atoms with Crippen molar-refractivity contribution in [3.05, 3.63) is 35.4 Å². The van der Waals surface area contributed by atoms with Crippen LogP contribution in [0.25, 0.3) is 0 Å². The van der Waals surface area contributed by atoms with E-state index in [1.165, 1.54) is 0 Å². The van der Waals surface area contributed by atoms with Gasteiger partial charge < -0.3 is 15.5 Å². The van der Waals surface area contributed by atoms with Crippen molar-refractivity contribution in [3.63, 3.8) is 0 Å². The summed E-state index contributed by atoms with van der Waals surface area (Å²) < 4.78 is 0. The lowest BCUT2D eigenvalue weighted by molar-refractivity contribution is -0.121. The Labute approximate surface area is 120 Å². The van der Waals surface area contributed by atoms with Crippen LogP contribution >= 0.6 is 0 Å². The molecular weight excluding hydrogens is 254 g/mol. The van der Waals surface area contributed by atoms with Gasteiger partial charge in [0.15, 0.2) is 0 Å². The highest BCUT2D eigenvalue weighted by Gasteiger charge is 2.18. The summed E-state index contributed by atoms with van der Waals surface area (Å²) in [5.41, 5.74) is 1.68. The minimum atomic E-state index is -0.159. The molecule has 1 aromatic rings. The Hall–Kier alpha value is -1.88. The first kappa shape index (κ1) is 16.2. The van der Waals surface area contributed by atoms with Crippen LogP contribution in [0.3, 0.4) is 0 Å². The molecule has 0 aromatic heterocycles. The molecule has 0 fully saturated rings. The van der Waals surface area contributed by atoms with Crippen molar-refractivity contribution in [2.75, 3.05) is 33.7 Å². The van der Waals surface area contributed by atoms with E-state index in [2.05, 4.69) is 10.6 Å². The smallest absolute Gasteiger partial charge is 0.254 e. The number of benzene rings is 1. The Morgan fingerprint density at radius 3 is 2.50 bits per heavy atom. The molecule has 2 amide bonds. The highest BCUT2D eigenvalue weighted by atomic mass is 16.2. The third-order valence-corrected chi connectivity index (χ3v) is 3.17. The van der Waals surface area contributed by atoms with Gasteiger partial charge >= 0.3 is 0 Å². The van der Waals surface area contributed by atoms with Crippen molar-refractivity contribution in [2.24, 2.45) is 0 Å². The van der Waals surface area contributed by atoms with Crippen LogP contribution in [0.2, 0.25) is 0 Å². The summed E-state index contributed by atoms with van der Waals surface area (Å²) in [6.45, 7) is 3.28. The molecule has 1 rings (SSSR count). The highest BCUT2D eigenvalue weighted by Crippen LogP contribution is 2.12. The van der Waals surface area contributed by atoms with Crippen molar-refractivity contribution in [3.8, 4) is 0 Å². The van der Waals surface area contributed by atoms with Gasteiger partial charge in [-0.2, -0.15) is 0 Å². The van der Waals surface area contributed by atoms with Crippen molar-refractivity contribution >= 4 is 11.8 Å². The molecule has 0 heterocycles. The number of carbonyl (C=O) groups excluding carboxylic acids is 2.